The van der Waals surface area contributed by atoms with Gasteiger partial charge in [0.05, 0.1) is 13.2 Å². The topological polar surface area (TPSA) is 52.6 Å². The van der Waals surface area contributed by atoms with Crippen molar-refractivity contribution in [2.24, 2.45) is 0 Å². The van der Waals surface area contributed by atoms with Crippen LogP contribution in [0.25, 0.3) is 0 Å². The van der Waals surface area contributed by atoms with Gasteiger partial charge in [-0.25, -0.2) is 9.59 Å². The molecule has 0 aliphatic rings. The molecule has 0 aromatic carbocycles. The molecule has 0 saturated heterocycles. The summed E-state index contributed by atoms with van der Waals surface area (Å²) in [5.74, 6) is -0.988. The largest absolute Gasteiger partial charge is 0.463 e. The van der Waals surface area contributed by atoms with Crippen LogP contribution in [0.1, 0.15) is 46.0 Å². The summed E-state index contributed by atoms with van der Waals surface area (Å²) in [4.78, 5) is 22.2. The van der Waals surface area contributed by atoms with Crippen LogP contribution in [0.3, 0.4) is 0 Å². The molecule has 0 rings (SSSR count). The van der Waals surface area contributed by atoms with Gasteiger partial charge in [-0.1, -0.05) is 33.1 Å². The zero-order valence-corrected chi connectivity index (χ0v) is 10.7. The van der Waals surface area contributed by atoms with E-state index in [1.807, 2.05) is 6.92 Å². The minimum atomic E-state index is -0.496. The van der Waals surface area contributed by atoms with E-state index in [0.29, 0.717) is 13.2 Å². The molecule has 0 radical (unpaired) electrons. The van der Waals surface area contributed by atoms with Crippen molar-refractivity contribution in [2.75, 3.05) is 13.2 Å². The standard InChI is InChI=1S/C13H22O4/c1-3-5-7-11-17-13(15)9-8-12(14)16-10-6-4-2/h8-9H,3-7,10-11H2,1-2H3/b9-8+. The van der Waals surface area contributed by atoms with Gasteiger partial charge >= 0.3 is 11.9 Å². The number of carbonyl (C=O) groups excluding carboxylic acids is 2. The maximum absolute atomic E-state index is 11.1. The lowest BCUT2D eigenvalue weighted by atomic mass is 10.3. The van der Waals surface area contributed by atoms with Crippen LogP contribution in [0.15, 0.2) is 12.2 Å². The first-order valence-corrected chi connectivity index (χ1v) is 6.22. The Morgan fingerprint density at radius 1 is 0.824 bits per heavy atom. The first-order valence-electron chi connectivity index (χ1n) is 6.22. The third-order valence-electron chi connectivity index (χ3n) is 2.09. The van der Waals surface area contributed by atoms with Gasteiger partial charge in [0.25, 0.3) is 0 Å². The van der Waals surface area contributed by atoms with E-state index in [-0.39, 0.29) is 0 Å². The molecule has 0 aromatic rings. The van der Waals surface area contributed by atoms with Crippen LogP contribution in [-0.4, -0.2) is 25.2 Å². The fourth-order valence-corrected chi connectivity index (χ4v) is 1.07. The number of rotatable bonds is 9. The minimum Gasteiger partial charge on any atom is -0.463 e. The molecule has 98 valence electrons. The molecule has 0 heterocycles. The Morgan fingerprint density at radius 3 is 1.76 bits per heavy atom. The highest BCUT2D eigenvalue weighted by Crippen LogP contribution is 1.95. The lowest BCUT2D eigenvalue weighted by molar-refractivity contribution is -0.140. The first-order chi connectivity index (χ1) is 8.20. The summed E-state index contributed by atoms with van der Waals surface area (Å²) < 4.78 is 9.73. The van der Waals surface area contributed by atoms with Gasteiger partial charge in [0, 0.05) is 12.2 Å². The lowest BCUT2D eigenvalue weighted by Crippen LogP contribution is -2.06. The third-order valence-corrected chi connectivity index (χ3v) is 2.09. The Labute approximate surface area is 103 Å². The Hall–Kier alpha value is -1.32. The molecule has 0 saturated carbocycles. The molecule has 17 heavy (non-hydrogen) atoms. The summed E-state index contributed by atoms with van der Waals surface area (Å²) >= 11 is 0. The Morgan fingerprint density at radius 2 is 1.29 bits per heavy atom. The highest BCUT2D eigenvalue weighted by molar-refractivity contribution is 5.91. The maximum Gasteiger partial charge on any atom is 0.331 e. The zero-order valence-electron chi connectivity index (χ0n) is 10.7. The van der Waals surface area contributed by atoms with Crippen molar-refractivity contribution < 1.29 is 19.1 Å². The van der Waals surface area contributed by atoms with Gasteiger partial charge in [-0.15, -0.1) is 0 Å². The van der Waals surface area contributed by atoms with Gasteiger partial charge in [0.2, 0.25) is 0 Å². The predicted molar refractivity (Wildman–Crippen MR) is 65.5 cm³/mol. The molecule has 0 unspecified atom stereocenters. The van der Waals surface area contributed by atoms with Crippen LogP contribution in [-0.2, 0) is 19.1 Å². The summed E-state index contributed by atoms with van der Waals surface area (Å²) in [6.45, 7) is 4.89. The van der Waals surface area contributed by atoms with Crippen molar-refractivity contribution in [1.82, 2.24) is 0 Å². The first kappa shape index (κ1) is 15.7. The lowest BCUT2D eigenvalue weighted by Gasteiger charge is -2.01. The van der Waals surface area contributed by atoms with E-state index in [0.717, 1.165) is 44.3 Å². The van der Waals surface area contributed by atoms with Crippen LogP contribution in [0.4, 0.5) is 0 Å². The number of carbonyl (C=O) groups is 2. The van der Waals surface area contributed by atoms with Crippen molar-refractivity contribution in [3.63, 3.8) is 0 Å². The Kier molecular flexibility index (Phi) is 10.3. The summed E-state index contributed by atoms with van der Waals surface area (Å²) in [7, 11) is 0. The molecular formula is C13H22O4. The van der Waals surface area contributed by atoms with Gasteiger partial charge < -0.3 is 9.47 Å². The monoisotopic (exact) mass is 242 g/mol. The van der Waals surface area contributed by atoms with Crippen LogP contribution >= 0.6 is 0 Å². The SMILES string of the molecule is CCCCCOC(=O)/C=C/C(=O)OCCCC. The minimum absolute atomic E-state index is 0.394. The molecule has 0 aromatic heterocycles. The van der Waals surface area contributed by atoms with Crippen molar-refractivity contribution in [3.8, 4) is 0 Å². The van der Waals surface area contributed by atoms with E-state index >= 15 is 0 Å². The van der Waals surface area contributed by atoms with Crippen LogP contribution < -0.4 is 0 Å². The molecule has 0 spiro atoms. The molecule has 0 aliphatic heterocycles. The third kappa shape index (κ3) is 11.0. The van der Waals surface area contributed by atoms with Crippen LogP contribution in [0.5, 0.6) is 0 Å². The quantitative estimate of drug-likeness (QED) is 0.354. The van der Waals surface area contributed by atoms with E-state index < -0.39 is 11.9 Å². The summed E-state index contributed by atoms with van der Waals surface area (Å²) in [5.41, 5.74) is 0. The molecule has 0 aliphatic carbocycles. The average molecular weight is 242 g/mol. The maximum atomic E-state index is 11.1. The van der Waals surface area contributed by atoms with Crippen LogP contribution in [0.2, 0.25) is 0 Å². The second kappa shape index (κ2) is 11.2. The smallest absolute Gasteiger partial charge is 0.331 e. The van der Waals surface area contributed by atoms with Gasteiger partial charge in [-0.2, -0.15) is 0 Å². The van der Waals surface area contributed by atoms with Crippen LogP contribution in [0, 0.1) is 0 Å². The second-order valence-electron chi connectivity index (χ2n) is 3.73. The normalized spacial score (nSPS) is 10.5. The molecule has 4 nitrogen and oxygen atoms in total. The summed E-state index contributed by atoms with van der Waals surface area (Å²) in [6, 6.07) is 0. The molecule has 0 bridgehead atoms. The van der Waals surface area contributed by atoms with E-state index in [2.05, 4.69) is 6.92 Å². The molecule has 0 N–H and O–H groups in total. The van der Waals surface area contributed by atoms with E-state index in [1.165, 1.54) is 0 Å². The number of hydrogen-bond donors (Lipinski definition) is 0. The highest BCUT2D eigenvalue weighted by atomic mass is 16.5. The Bertz CT molecular complexity index is 246. The zero-order chi connectivity index (χ0) is 12.9. The second-order valence-corrected chi connectivity index (χ2v) is 3.73. The molecule has 0 atom stereocenters. The molecular weight excluding hydrogens is 220 g/mol. The van der Waals surface area contributed by atoms with Crippen molar-refractivity contribution >= 4 is 11.9 Å². The van der Waals surface area contributed by atoms with E-state index in [1.54, 1.807) is 0 Å². The molecule has 0 amide bonds. The Balaban J connectivity index is 3.60. The van der Waals surface area contributed by atoms with Crippen molar-refractivity contribution in [2.45, 2.75) is 46.0 Å². The molecule has 0 fully saturated rings. The van der Waals surface area contributed by atoms with Gasteiger partial charge in [-0.05, 0) is 12.8 Å². The average Bonchev–Trinajstić information content (AvgIpc) is 2.32. The van der Waals surface area contributed by atoms with E-state index in [4.69, 9.17) is 9.47 Å². The highest BCUT2D eigenvalue weighted by Gasteiger charge is 2.00. The van der Waals surface area contributed by atoms with Gasteiger partial charge in [0.15, 0.2) is 0 Å². The summed E-state index contributed by atoms with van der Waals surface area (Å²) in [5, 5.41) is 0. The van der Waals surface area contributed by atoms with Gasteiger partial charge in [-0.3, -0.25) is 0 Å². The number of ether oxygens (including phenoxy) is 2. The van der Waals surface area contributed by atoms with Gasteiger partial charge in [0.1, 0.15) is 0 Å². The van der Waals surface area contributed by atoms with Crippen molar-refractivity contribution in [1.29, 1.82) is 0 Å². The molecule has 4 heteroatoms. The number of unbranched alkanes of at least 4 members (excludes halogenated alkanes) is 3. The van der Waals surface area contributed by atoms with E-state index in [9.17, 15) is 9.59 Å². The summed E-state index contributed by atoms with van der Waals surface area (Å²) in [6.07, 6.45) is 7.00. The number of esters is 2. The number of hydrogen-bond acceptors (Lipinski definition) is 4. The fourth-order valence-electron chi connectivity index (χ4n) is 1.07. The predicted octanol–water partition coefficient (Wildman–Crippen LogP) is 2.62. The van der Waals surface area contributed by atoms with Crippen molar-refractivity contribution in [3.05, 3.63) is 12.2 Å². The fraction of sp³-hybridized carbons (Fsp3) is 0.692.